The summed E-state index contributed by atoms with van der Waals surface area (Å²) in [4.78, 5) is 23.4. The summed E-state index contributed by atoms with van der Waals surface area (Å²) in [7, 11) is 0. The average molecular weight is 254 g/mol. The molecule has 5 nitrogen and oxygen atoms in total. The Hall–Kier alpha value is -1.10. The molecule has 0 radical (unpaired) electrons. The van der Waals surface area contributed by atoms with Gasteiger partial charge in [0.05, 0.1) is 10.8 Å². The van der Waals surface area contributed by atoms with E-state index in [4.69, 9.17) is 5.73 Å². The zero-order valence-electron chi connectivity index (χ0n) is 10.7. The molecule has 2 saturated carbocycles. The second-order valence-corrected chi connectivity index (χ2v) is 5.81. The van der Waals surface area contributed by atoms with Gasteiger partial charge in [0.2, 0.25) is 5.91 Å². The van der Waals surface area contributed by atoms with Gasteiger partial charge in [0.15, 0.2) is 0 Å². The Morgan fingerprint density at radius 2 is 1.61 bits per heavy atom. The molecule has 0 unspecified atom stereocenters. The van der Waals surface area contributed by atoms with Gasteiger partial charge in [-0.1, -0.05) is 19.3 Å². The molecule has 2 aliphatic rings. The molecule has 0 heterocycles. The first-order valence-electron chi connectivity index (χ1n) is 6.76. The standard InChI is InChI=1S/C13H22N2O3/c14-8-12(4-1-2-5-12)10(16)15-9-13(11(17)18)6-3-7-13/h1-9,14H2,(H,15,16)(H,17,18). The Balaban J connectivity index is 1.93. The number of carbonyl (C=O) groups is 2. The van der Waals surface area contributed by atoms with Gasteiger partial charge in [0.1, 0.15) is 0 Å². The third-order valence-electron chi connectivity index (χ3n) is 4.78. The van der Waals surface area contributed by atoms with Gasteiger partial charge in [0.25, 0.3) is 0 Å². The van der Waals surface area contributed by atoms with Gasteiger partial charge in [-0.15, -0.1) is 0 Å². The van der Waals surface area contributed by atoms with E-state index in [1.165, 1.54) is 0 Å². The number of nitrogens with two attached hydrogens (primary N) is 1. The minimum atomic E-state index is -0.790. The lowest BCUT2D eigenvalue weighted by atomic mass is 9.68. The molecule has 102 valence electrons. The lowest BCUT2D eigenvalue weighted by molar-refractivity contribution is -0.154. The van der Waals surface area contributed by atoms with Crippen molar-refractivity contribution < 1.29 is 14.7 Å². The molecule has 2 rings (SSSR count). The van der Waals surface area contributed by atoms with Crippen LogP contribution in [0.1, 0.15) is 44.9 Å². The van der Waals surface area contributed by atoms with Crippen LogP contribution in [-0.4, -0.2) is 30.1 Å². The predicted molar refractivity (Wildman–Crippen MR) is 66.9 cm³/mol. The summed E-state index contributed by atoms with van der Waals surface area (Å²) in [5, 5.41) is 12.0. The van der Waals surface area contributed by atoms with Gasteiger partial charge in [-0.25, -0.2) is 0 Å². The third kappa shape index (κ3) is 2.11. The van der Waals surface area contributed by atoms with Crippen LogP contribution in [0, 0.1) is 10.8 Å². The highest BCUT2D eigenvalue weighted by Crippen LogP contribution is 2.41. The molecule has 2 aliphatic carbocycles. The predicted octanol–water partition coefficient (Wildman–Crippen LogP) is 0.877. The molecule has 2 fully saturated rings. The molecule has 18 heavy (non-hydrogen) atoms. The Morgan fingerprint density at radius 1 is 1.06 bits per heavy atom. The van der Waals surface area contributed by atoms with Gasteiger partial charge < -0.3 is 16.2 Å². The highest BCUT2D eigenvalue weighted by atomic mass is 16.4. The van der Waals surface area contributed by atoms with Crippen LogP contribution >= 0.6 is 0 Å². The van der Waals surface area contributed by atoms with Crippen LogP contribution in [0.5, 0.6) is 0 Å². The van der Waals surface area contributed by atoms with E-state index < -0.39 is 16.8 Å². The van der Waals surface area contributed by atoms with Gasteiger partial charge in [-0.3, -0.25) is 9.59 Å². The summed E-state index contributed by atoms with van der Waals surface area (Å²) >= 11 is 0. The Morgan fingerprint density at radius 3 is 2.00 bits per heavy atom. The molecule has 0 aromatic rings. The fraction of sp³-hybridized carbons (Fsp3) is 0.846. The van der Waals surface area contributed by atoms with E-state index in [9.17, 15) is 14.7 Å². The Labute approximate surface area is 107 Å². The van der Waals surface area contributed by atoms with Crippen LogP contribution in [0.4, 0.5) is 0 Å². The number of hydrogen-bond acceptors (Lipinski definition) is 3. The number of rotatable bonds is 5. The highest BCUT2D eigenvalue weighted by molar-refractivity contribution is 5.84. The Bertz CT molecular complexity index is 344. The van der Waals surface area contributed by atoms with Crippen LogP contribution in [0.25, 0.3) is 0 Å². The van der Waals surface area contributed by atoms with E-state index in [0.29, 0.717) is 19.4 Å². The maximum atomic E-state index is 12.2. The number of carboxylic acid groups (broad SMARTS) is 1. The molecule has 0 spiro atoms. The number of nitrogens with one attached hydrogen (secondary N) is 1. The molecule has 0 bridgehead atoms. The van der Waals surface area contributed by atoms with E-state index >= 15 is 0 Å². The van der Waals surface area contributed by atoms with Crippen molar-refractivity contribution in [1.82, 2.24) is 5.32 Å². The van der Waals surface area contributed by atoms with Crippen molar-refractivity contribution >= 4 is 11.9 Å². The maximum absolute atomic E-state index is 12.2. The molecule has 0 aromatic heterocycles. The molecular formula is C13H22N2O3. The highest BCUT2D eigenvalue weighted by Gasteiger charge is 2.46. The van der Waals surface area contributed by atoms with Crippen molar-refractivity contribution in [2.45, 2.75) is 44.9 Å². The smallest absolute Gasteiger partial charge is 0.311 e. The van der Waals surface area contributed by atoms with E-state index in [1.54, 1.807) is 0 Å². The van der Waals surface area contributed by atoms with E-state index in [1.807, 2.05) is 0 Å². The summed E-state index contributed by atoms with van der Waals surface area (Å²) in [6.45, 7) is 0.613. The quantitative estimate of drug-likeness (QED) is 0.679. The van der Waals surface area contributed by atoms with Crippen LogP contribution in [0.3, 0.4) is 0 Å². The number of hydrogen-bond donors (Lipinski definition) is 3. The fourth-order valence-electron chi connectivity index (χ4n) is 3.08. The largest absolute Gasteiger partial charge is 0.481 e. The molecule has 0 saturated heterocycles. The average Bonchev–Trinajstić information content (AvgIpc) is 2.76. The molecule has 1 amide bonds. The summed E-state index contributed by atoms with van der Waals surface area (Å²) in [5.41, 5.74) is 4.58. The van der Waals surface area contributed by atoms with Gasteiger partial charge in [-0.2, -0.15) is 0 Å². The summed E-state index contributed by atoms with van der Waals surface area (Å²) in [6.07, 6.45) is 5.99. The normalized spacial score (nSPS) is 24.3. The minimum Gasteiger partial charge on any atom is -0.481 e. The number of aliphatic carboxylic acids is 1. The molecular weight excluding hydrogens is 232 g/mol. The van der Waals surface area contributed by atoms with Crippen LogP contribution in [0.15, 0.2) is 0 Å². The van der Waals surface area contributed by atoms with Crippen molar-refractivity contribution in [2.75, 3.05) is 13.1 Å². The van der Waals surface area contributed by atoms with Crippen molar-refractivity contribution in [1.29, 1.82) is 0 Å². The number of amides is 1. The lowest BCUT2D eigenvalue weighted by Gasteiger charge is -2.38. The van der Waals surface area contributed by atoms with Crippen LogP contribution in [-0.2, 0) is 9.59 Å². The van der Waals surface area contributed by atoms with E-state index in [-0.39, 0.29) is 12.5 Å². The van der Waals surface area contributed by atoms with Crippen molar-refractivity contribution in [3.8, 4) is 0 Å². The van der Waals surface area contributed by atoms with Gasteiger partial charge in [-0.05, 0) is 25.7 Å². The summed E-state index contributed by atoms with van der Waals surface area (Å²) in [6, 6.07) is 0. The van der Waals surface area contributed by atoms with E-state index in [2.05, 4.69) is 5.32 Å². The summed E-state index contributed by atoms with van der Waals surface area (Å²) in [5.74, 6) is -0.836. The Kier molecular flexibility index (Phi) is 3.61. The first-order valence-corrected chi connectivity index (χ1v) is 6.76. The van der Waals surface area contributed by atoms with Crippen molar-refractivity contribution in [2.24, 2.45) is 16.6 Å². The number of carbonyl (C=O) groups excluding carboxylic acids is 1. The minimum absolute atomic E-state index is 0.0463. The first kappa shape index (κ1) is 13.3. The van der Waals surface area contributed by atoms with Crippen LogP contribution in [0.2, 0.25) is 0 Å². The molecule has 5 heteroatoms. The molecule has 0 aromatic carbocycles. The van der Waals surface area contributed by atoms with Crippen LogP contribution < -0.4 is 11.1 Å². The third-order valence-corrected chi connectivity index (χ3v) is 4.78. The maximum Gasteiger partial charge on any atom is 0.311 e. The SMILES string of the molecule is NCC1(C(=O)NCC2(C(=O)O)CCC2)CCCC1. The van der Waals surface area contributed by atoms with Gasteiger partial charge >= 0.3 is 5.97 Å². The monoisotopic (exact) mass is 254 g/mol. The molecule has 0 aliphatic heterocycles. The van der Waals surface area contributed by atoms with E-state index in [0.717, 1.165) is 32.1 Å². The molecule has 4 N–H and O–H groups in total. The van der Waals surface area contributed by atoms with Crippen molar-refractivity contribution in [3.63, 3.8) is 0 Å². The second kappa shape index (κ2) is 4.88. The topological polar surface area (TPSA) is 92.4 Å². The van der Waals surface area contributed by atoms with Gasteiger partial charge in [0, 0.05) is 13.1 Å². The fourth-order valence-corrected chi connectivity index (χ4v) is 3.08. The number of carboxylic acids is 1. The zero-order valence-corrected chi connectivity index (χ0v) is 10.7. The summed E-state index contributed by atoms with van der Waals surface area (Å²) < 4.78 is 0. The second-order valence-electron chi connectivity index (χ2n) is 5.81. The molecule has 0 atom stereocenters. The first-order chi connectivity index (χ1) is 8.55. The lowest BCUT2D eigenvalue weighted by Crippen LogP contribution is -2.52. The zero-order chi connectivity index (χ0) is 13.2. The van der Waals surface area contributed by atoms with Crippen molar-refractivity contribution in [3.05, 3.63) is 0 Å².